The Morgan fingerprint density at radius 3 is 3.11 bits per heavy atom. The fourth-order valence-corrected chi connectivity index (χ4v) is 2.58. The third kappa shape index (κ3) is 1.95. The van der Waals surface area contributed by atoms with E-state index in [-0.39, 0.29) is 0 Å². The Kier molecular flexibility index (Phi) is 3.15. The van der Waals surface area contributed by atoms with Crippen LogP contribution < -0.4 is 5.32 Å². The highest BCUT2D eigenvalue weighted by molar-refractivity contribution is 5.76. The van der Waals surface area contributed by atoms with Crippen LogP contribution in [0.25, 0.3) is 11.1 Å². The van der Waals surface area contributed by atoms with Gasteiger partial charge in [0.15, 0.2) is 0 Å². The summed E-state index contributed by atoms with van der Waals surface area (Å²) in [4.78, 5) is 4.87. The van der Waals surface area contributed by atoms with Crippen molar-refractivity contribution in [3.63, 3.8) is 0 Å². The minimum absolute atomic E-state index is 0.963. The van der Waals surface area contributed by atoms with Gasteiger partial charge >= 0.3 is 0 Å². The summed E-state index contributed by atoms with van der Waals surface area (Å²) in [6.07, 6.45) is 7.64. The molecular weight excluding hydrogens is 222 g/mol. The Morgan fingerprint density at radius 2 is 2.33 bits per heavy atom. The van der Waals surface area contributed by atoms with Gasteiger partial charge in [-0.1, -0.05) is 19.1 Å². The van der Waals surface area contributed by atoms with E-state index in [0.717, 1.165) is 32.4 Å². The third-order valence-corrected chi connectivity index (χ3v) is 3.46. The highest BCUT2D eigenvalue weighted by Gasteiger charge is 2.14. The van der Waals surface area contributed by atoms with Crippen molar-refractivity contribution in [1.82, 2.24) is 14.7 Å². The Bertz CT molecular complexity index is 580. The normalized spacial score (nSPS) is 15.9. The first-order chi connectivity index (χ1) is 8.90. The number of imidazole rings is 1. The molecule has 1 N–H and O–H groups in total. The molecule has 18 heavy (non-hydrogen) atoms. The fourth-order valence-electron chi connectivity index (χ4n) is 2.58. The molecule has 3 rings (SSSR count). The first-order valence-electron chi connectivity index (χ1n) is 6.76. The smallest absolute Gasteiger partial charge is 0.113 e. The fraction of sp³-hybridized carbons (Fsp3) is 0.400. The van der Waals surface area contributed by atoms with Crippen molar-refractivity contribution in [1.29, 1.82) is 0 Å². The van der Waals surface area contributed by atoms with Crippen LogP contribution in [0.5, 0.6) is 0 Å². The Morgan fingerprint density at radius 1 is 1.39 bits per heavy atom. The van der Waals surface area contributed by atoms with E-state index in [9.17, 15) is 0 Å². The molecule has 94 valence electrons. The van der Waals surface area contributed by atoms with Gasteiger partial charge in [-0.3, -0.25) is 0 Å². The van der Waals surface area contributed by atoms with Crippen LogP contribution in [0.2, 0.25) is 0 Å². The first kappa shape index (κ1) is 11.5. The average Bonchev–Trinajstić information content (AvgIpc) is 2.80. The summed E-state index contributed by atoms with van der Waals surface area (Å²) in [6.45, 7) is 4.22. The lowest BCUT2D eigenvalue weighted by atomic mass is 10.1. The lowest BCUT2D eigenvalue weighted by Crippen LogP contribution is -2.20. The van der Waals surface area contributed by atoms with Crippen LogP contribution in [-0.4, -0.2) is 22.5 Å². The van der Waals surface area contributed by atoms with Crippen molar-refractivity contribution < 1.29 is 0 Å². The molecule has 0 aliphatic carbocycles. The molecule has 3 heteroatoms. The Balaban J connectivity index is 2.13. The van der Waals surface area contributed by atoms with E-state index in [1.165, 1.54) is 22.6 Å². The topological polar surface area (TPSA) is 29.3 Å². The third-order valence-electron chi connectivity index (χ3n) is 3.46. The van der Waals surface area contributed by atoms with E-state index in [4.69, 9.17) is 4.98 Å². The Labute approximate surface area is 108 Å². The van der Waals surface area contributed by atoms with Gasteiger partial charge < -0.3 is 9.72 Å². The van der Waals surface area contributed by atoms with E-state index in [2.05, 4.69) is 47.1 Å². The van der Waals surface area contributed by atoms with Gasteiger partial charge in [0, 0.05) is 19.2 Å². The van der Waals surface area contributed by atoms with Crippen molar-refractivity contribution in [2.45, 2.75) is 26.2 Å². The van der Waals surface area contributed by atoms with Gasteiger partial charge in [0.1, 0.15) is 5.82 Å². The van der Waals surface area contributed by atoms with Crippen molar-refractivity contribution in [3.05, 3.63) is 42.0 Å². The van der Waals surface area contributed by atoms with Crippen LogP contribution in [0.1, 0.15) is 31.3 Å². The molecule has 2 aromatic rings. The van der Waals surface area contributed by atoms with Crippen LogP contribution in [0.15, 0.2) is 30.5 Å². The lowest BCUT2D eigenvalue weighted by molar-refractivity contribution is 0.737. The maximum atomic E-state index is 4.87. The maximum absolute atomic E-state index is 4.87. The highest BCUT2D eigenvalue weighted by Crippen LogP contribution is 2.24. The second kappa shape index (κ2) is 4.94. The van der Waals surface area contributed by atoms with Crippen LogP contribution in [-0.2, 0) is 6.42 Å². The van der Waals surface area contributed by atoms with E-state index >= 15 is 0 Å². The molecule has 2 aromatic heterocycles. The number of aryl methyl sites for hydroxylation is 1. The number of nitrogens with one attached hydrogen (secondary N) is 1. The SMILES string of the molecule is CCCc1nc(C2=CCNCC2)c2ccccn12. The molecule has 1 aliphatic rings. The summed E-state index contributed by atoms with van der Waals surface area (Å²) in [6, 6.07) is 6.34. The molecule has 0 spiro atoms. The van der Waals surface area contributed by atoms with Crippen molar-refractivity contribution in [2.24, 2.45) is 0 Å². The molecule has 0 saturated carbocycles. The largest absolute Gasteiger partial charge is 0.313 e. The molecule has 0 radical (unpaired) electrons. The van der Waals surface area contributed by atoms with Crippen LogP contribution in [0.3, 0.4) is 0 Å². The molecule has 3 heterocycles. The van der Waals surface area contributed by atoms with Crippen LogP contribution in [0, 0.1) is 0 Å². The number of hydrogen-bond acceptors (Lipinski definition) is 2. The van der Waals surface area contributed by atoms with Crippen LogP contribution >= 0.6 is 0 Å². The summed E-state index contributed by atoms with van der Waals surface area (Å²) < 4.78 is 2.24. The minimum atomic E-state index is 0.963. The molecule has 0 aromatic carbocycles. The van der Waals surface area contributed by atoms with Gasteiger partial charge in [-0.15, -0.1) is 0 Å². The monoisotopic (exact) mass is 241 g/mol. The predicted octanol–water partition coefficient (Wildman–Crippen LogP) is 2.66. The average molecular weight is 241 g/mol. The summed E-state index contributed by atoms with van der Waals surface area (Å²) >= 11 is 0. The molecule has 1 aliphatic heterocycles. The van der Waals surface area contributed by atoms with Crippen LogP contribution in [0.4, 0.5) is 0 Å². The summed E-state index contributed by atoms with van der Waals surface area (Å²) in [5, 5.41) is 3.35. The molecule has 0 saturated heterocycles. The highest BCUT2D eigenvalue weighted by atomic mass is 15.0. The standard InChI is InChI=1S/C15H19N3/c1-2-5-14-17-15(12-7-9-16-10-8-12)13-6-3-4-11-18(13)14/h3-4,6-7,11,16H,2,5,8-10H2,1H3. The summed E-state index contributed by atoms with van der Waals surface area (Å²) in [5.41, 5.74) is 3.81. The zero-order valence-corrected chi connectivity index (χ0v) is 10.8. The van der Waals surface area contributed by atoms with Crippen molar-refractivity contribution in [3.8, 4) is 0 Å². The number of pyridine rings is 1. The Hall–Kier alpha value is -1.61. The van der Waals surface area contributed by atoms with Gasteiger partial charge in [-0.2, -0.15) is 0 Å². The minimum Gasteiger partial charge on any atom is -0.313 e. The van der Waals surface area contributed by atoms with E-state index < -0.39 is 0 Å². The maximum Gasteiger partial charge on any atom is 0.113 e. The van der Waals surface area contributed by atoms with Crippen molar-refractivity contribution >= 4 is 11.1 Å². The van der Waals surface area contributed by atoms with Crippen molar-refractivity contribution in [2.75, 3.05) is 13.1 Å². The van der Waals surface area contributed by atoms with E-state index in [1.54, 1.807) is 0 Å². The number of fused-ring (bicyclic) bond motifs is 1. The lowest BCUT2D eigenvalue weighted by Gasteiger charge is -2.12. The second-order valence-electron chi connectivity index (χ2n) is 4.77. The zero-order valence-electron chi connectivity index (χ0n) is 10.8. The first-order valence-corrected chi connectivity index (χ1v) is 6.76. The molecule has 0 bridgehead atoms. The van der Waals surface area contributed by atoms with E-state index in [1.807, 2.05) is 0 Å². The summed E-state index contributed by atoms with van der Waals surface area (Å²) in [5.74, 6) is 1.18. The van der Waals surface area contributed by atoms with Gasteiger partial charge in [-0.05, 0) is 37.1 Å². The molecule has 0 fully saturated rings. The van der Waals surface area contributed by atoms with E-state index in [0.29, 0.717) is 0 Å². The zero-order chi connectivity index (χ0) is 12.4. The molecule has 0 unspecified atom stereocenters. The number of hydrogen-bond donors (Lipinski definition) is 1. The van der Waals surface area contributed by atoms with Gasteiger partial charge in [0.05, 0.1) is 11.2 Å². The summed E-state index contributed by atoms with van der Waals surface area (Å²) in [7, 11) is 0. The number of rotatable bonds is 3. The second-order valence-corrected chi connectivity index (χ2v) is 4.77. The molecular formula is C15H19N3. The van der Waals surface area contributed by atoms with Gasteiger partial charge in [0.2, 0.25) is 0 Å². The van der Waals surface area contributed by atoms with Gasteiger partial charge in [0.25, 0.3) is 0 Å². The molecule has 0 amide bonds. The number of aromatic nitrogens is 2. The number of nitrogens with zero attached hydrogens (tertiary/aromatic N) is 2. The quantitative estimate of drug-likeness (QED) is 0.895. The van der Waals surface area contributed by atoms with Gasteiger partial charge in [-0.25, -0.2) is 4.98 Å². The molecule has 3 nitrogen and oxygen atoms in total. The molecule has 0 atom stereocenters. The predicted molar refractivity (Wildman–Crippen MR) is 74.7 cm³/mol.